The van der Waals surface area contributed by atoms with E-state index in [-0.39, 0.29) is 6.04 Å². The molecule has 3 heteroatoms. The molecule has 0 radical (unpaired) electrons. The molecule has 0 amide bonds. The van der Waals surface area contributed by atoms with Crippen LogP contribution in [0.5, 0.6) is 0 Å². The maximum atomic E-state index is 5.50. The normalized spacial score (nSPS) is 12.6. The maximum Gasteiger partial charge on any atom is 0.108 e. The number of hydrogen-bond acceptors (Lipinski definition) is 3. The van der Waals surface area contributed by atoms with Crippen molar-refractivity contribution in [1.29, 1.82) is 0 Å². The Bertz CT molecular complexity index is 505. The molecule has 0 bridgehead atoms. The summed E-state index contributed by atoms with van der Waals surface area (Å²) in [4.78, 5) is 4.46. The van der Waals surface area contributed by atoms with Crippen LogP contribution in [0.25, 0.3) is 0 Å². The molecule has 96 valence electrons. The summed E-state index contributed by atoms with van der Waals surface area (Å²) in [7, 11) is 1.98. The molecule has 0 aliphatic rings. The van der Waals surface area contributed by atoms with Gasteiger partial charge in [0.25, 0.3) is 0 Å². The zero-order chi connectivity index (χ0) is 13.0. The molecule has 2 aromatic rings. The van der Waals surface area contributed by atoms with Crippen molar-refractivity contribution in [2.45, 2.75) is 32.7 Å². The highest BCUT2D eigenvalue weighted by molar-refractivity contribution is 5.26. The van der Waals surface area contributed by atoms with Gasteiger partial charge in [-0.05, 0) is 31.7 Å². The maximum absolute atomic E-state index is 5.50. The van der Waals surface area contributed by atoms with Gasteiger partial charge in [0.1, 0.15) is 5.76 Å². The quantitative estimate of drug-likeness (QED) is 0.878. The molecule has 2 heterocycles. The van der Waals surface area contributed by atoms with E-state index in [4.69, 9.17) is 4.42 Å². The van der Waals surface area contributed by atoms with Crippen LogP contribution in [-0.4, -0.2) is 12.0 Å². The van der Waals surface area contributed by atoms with Gasteiger partial charge in [-0.25, -0.2) is 0 Å². The number of nitrogens with zero attached hydrogens (tertiary/aromatic N) is 1. The van der Waals surface area contributed by atoms with E-state index in [9.17, 15) is 0 Å². The van der Waals surface area contributed by atoms with Crippen molar-refractivity contribution in [3.8, 4) is 0 Å². The van der Waals surface area contributed by atoms with Gasteiger partial charge >= 0.3 is 0 Å². The van der Waals surface area contributed by atoms with Crippen molar-refractivity contribution in [3.63, 3.8) is 0 Å². The lowest BCUT2D eigenvalue weighted by atomic mass is 9.99. The molecule has 0 saturated heterocycles. The molecule has 3 nitrogen and oxygen atoms in total. The van der Waals surface area contributed by atoms with Crippen molar-refractivity contribution < 1.29 is 4.42 Å². The first-order valence-electron chi connectivity index (χ1n) is 6.40. The number of hydrogen-bond donors (Lipinski definition) is 1. The van der Waals surface area contributed by atoms with E-state index >= 15 is 0 Å². The van der Waals surface area contributed by atoms with E-state index in [1.165, 1.54) is 11.1 Å². The minimum atomic E-state index is 0.257. The fourth-order valence-electron chi connectivity index (χ4n) is 2.24. The number of aromatic nitrogens is 1. The monoisotopic (exact) mass is 244 g/mol. The van der Waals surface area contributed by atoms with Crippen molar-refractivity contribution in [2.24, 2.45) is 0 Å². The van der Waals surface area contributed by atoms with Gasteiger partial charge in [-0.1, -0.05) is 13.0 Å². The van der Waals surface area contributed by atoms with Crippen molar-refractivity contribution in [2.75, 3.05) is 7.05 Å². The van der Waals surface area contributed by atoms with E-state index in [1.54, 1.807) is 6.26 Å². The minimum Gasteiger partial charge on any atom is -0.469 e. The molecule has 1 N–H and O–H groups in total. The molecule has 1 unspecified atom stereocenters. The molecule has 0 fully saturated rings. The fraction of sp³-hybridized carbons (Fsp3) is 0.400. The van der Waals surface area contributed by atoms with Crippen LogP contribution in [0, 0.1) is 6.92 Å². The lowest BCUT2D eigenvalue weighted by Crippen LogP contribution is -2.20. The predicted molar refractivity (Wildman–Crippen MR) is 72.6 cm³/mol. The molecule has 1 atom stereocenters. The molecule has 18 heavy (non-hydrogen) atoms. The van der Waals surface area contributed by atoms with Gasteiger partial charge in [0.15, 0.2) is 0 Å². The highest BCUT2D eigenvalue weighted by Crippen LogP contribution is 2.23. The number of furan rings is 1. The summed E-state index contributed by atoms with van der Waals surface area (Å²) in [5, 5.41) is 3.35. The molecule has 2 rings (SSSR count). The second kappa shape index (κ2) is 5.83. The largest absolute Gasteiger partial charge is 0.469 e. The van der Waals surface area contributed by atoms with E-state index in [2.05, 4.69) is 36.3 Å². The summed E-state index contributed by atoms with van der Waals surface area (Å²) in [6.07, 6.45) is 5.42. The van der Waals surface area contributed by atoms with Crippen LogP contribution in [0.2, 0.25) is 0 Å². The van der Waals surface area contributed by atoms with Crippen LogP contribution in [0.15, 0.2) is 35.1 Å². The predicted octanol–water partition coefficient (Wildman–Crippen LogP) is 3.05. The average Bonchev–Trinajstić information content (AvgIpc) is 2.86. The van der Waals surface area contributed by atoms with Gasteiger partial charge in [0, 0.05) is 36.3 Å². The highest BCUT2D eigenvalue weighted by Gasteiger charge is 2.17. The molecule has 0 aliphatic carbocycles. The van der Waals surface area contributed by atoms with Crippen molar-refractivity contribution in [3.05, 3.63) is 53.2 Å². The molecule has 0 spiro atoms. The third-order valence-electron chi connectivity index (χ3n) is 3.34. The van der Waals surface area contributed by atoms with Gasteiger partial charge in [-0.2, -0.15) is 0 Å². The van der Waals surface area contributed by atoms with Crippen LogP contribution in [0.3, 0.4) is 0 Å². The first-order chi connectivity index (χ1) is 8.76. The summed E-state index contributed by atoms with van der Waals surface area (Å²) in [6, 6.07) is 6.39. The Kier molecular flexibility index (Phi) is 4.15. The SMILES string of the molecule is CCc1occc1C(Cc1ncccc1C)NC. The lowest BCUT2D eigenvalue weighted by molar-refractivity contribution is 0.494. The van der Waals surface area contributed by atoms with Crippen LogP contribution < -0.4 is 5.32 Å². The van der Waals surface area contributed by atoms with E-state index in [0.29, 0.717) is 0 Å². The third kappa shape index (κ3) is 2.62. The van der Waals surface area contributed by atoms with E-state index in [1.807, 2.05) is 19.3 Å². The standard InChI is InChI=1S/C15H20N2O/c1-4-15-12(7-9-18-15)14(16-3)10-13-11(2)6-5-8-17-13/h5-9,14,16H,4,10H2,1-3H3. The Morgan fingerprint density at radius 3 is 2.89 bits per heavy atom. The van der Waals surface area contributed by atoms with Crippen molar-refractivity contribution >= 4 is 0 Å². The summed E-state index contributed by atoms with van der Waals surface area (Å²) in [5.74, 6) is 1.06. The third-order valence-corrected chi connectivity index (χ3v) is 3.34. The Morgan fingerprint density at radius 2 is 2.22 bits per heavy atom. The van der Waals surface area contributed by atoms with Crippen LogP contribution in [-0.2, 0) is 12.8 Å². The number of aryl methyl sites for hydroxylation is 2. The lowest BCUT2D eigenvalue weighted by Gasteiger charge is -2.16. The van der Waals surface area contributed by atoms with E-state index < -0.39 is 0 Å². The smallest absolute Gasteiger partial charge is 0.108 e. The average molecular weight is 244 g/mol. The summed E-state index contributed by atoms with van der Waals surface area (Å²) < 4.78 is 5.50. The molecule has 0 saturated carbocycles. The topological polar surface area (TPSA) is 38.1 Å². The zero-order valence-corrected chi connectivity index (χ0v) is 11.2. The minimum absolute atomic E-state index is 0.257. The first kappa shape index (κ1) is 12.8. The molecule has 0 aliphatic heterocycles. The summed E-state index contributed by atoms with van der Waals surface area (Å²) in [6.45, 7) is 4.21. The van der Waals surface area contributed by atoms with Gasteiger partial charge < -0.3 is 9.73 Å². The molecular weight excluding hydrogens is 224 g/mol. The van der Waals surface area contributed by atoms with Gasteiger partial charge in [-0.3, -0.25) is 4.98 Å². The number of rotatable bonds is 5. The Balaban J connectivity index is 2.23. The first-order valence-corrected chi connectivity index (χ1v) is 6.40. The number of pyridine rings is 1. The second-order valence-electron chi connectivity index (χ2n) is 4.47. The summed E-state index contributed by atoms with van der Waals surface area (Å²) >= 11 is 0. The van der Waals surface area contributed by atoms with Gasteiger partial charge in [-0.15, -0.1) is 0 Å². The Morgan fingerprint density at radius 1 is 1.39 bits per heavy atom. The molecule has 0 aromatic carbocycles. The van der Waals surface area contributed by atoms with E-state index in [0.717, 1.165) is 24.3 Å². The zero-order valence-electron chi connectivity index (χ0n) is 11.2. The Labute approximate surface area is 108 Å². The van der Waals surface area contributed by atoms with Gasteiger partial charge in [0.2, 0.25) is 0 Å². The second-order valence-corrected chi connectivity index (χ2v) is 4.47. The summed E-state index contributed by atoms with van der Waals surface area (Å²) in [5.41, 5.74) is 3.62. The van der Waals surface area contributed by atoms with Crippen LogP contribution in [0.1, 0.15) is 35.5 Å². The number of nitrogens with one attached hydrogen (secondary N) is 1. The molecular formula is C15H20N2O. The van der Waals surface area contributed by atoms with Crippen LogP contribution >= 0.6 is 0 Å². The fourth-order valence-corrected chi connectivity index (χ4v) is 2.24. The van der Waals surface area contributed by atoms with Gasteiger partial charge in [0.05, 0.1) is 6.26 Å². The Hall–Kier alpha value is -1.61. The van der Waals surface area contributed by atoms with Crippen LogP contribution in [0.4, 0.5) is 0 Å². The highest BCUT2D eigenvalue weighted by atomic mass is 16.3. The number of likely N-dealkylation sites (N-methyl/N-ethyl adjacent to an activating group) is 1. The van der Waals surface area contributed by atoms with Crippen molar-refractivity contribution in [1.82, 2.24) is 10.3 Å². The molecule has 2 aromatic heterocycles.